The van der Waals surface area contributed by atoms with Crippen LogP contribution in [0.2, 0.25) is 0 Å². The number of carbonyl (C=O) groups excluding carboxylic acids is 1. The second-order valence-electron chi connectivity index (χ2n) is 3.34. The molecule has 0 bridgehead atoms. The Hall–Kier alpha value is -1.85. The van der Waals surface area contributed by atoms with Crippen molar-refractivity contribution in [3.05, 3.63) is 35.8 Å². The Morgan fingerprint density at radius 1 is 1.44 bits per heavy atom. The number of pyridine rings is 1. The van der Waals surface area contributed by atoms with Gasteiger partial charge in [-0.2, -0.15) is 13.2 Å². The molecule has 0 saturated heterocycles. The molecule has 0 radical (unpaired) electrons. The van der Waals surface area contributed by atoms with Crippen LogP contribution in [0.15, 0.2) is 24.5 Å². The Morgan fingerprint density at radius 2 is 2.12 bits per heavy atom. The summed E-state index contributed by atoms with van der Waals surface area (Å²) in [6, 6.07) is 1.83. The molecule has 0 aliphatic rings. The van der Waals surface area contributed by atoms with Gasteiger partial charge in [-0.05, 0) is 12.1 Å². The number of nitrogens with zero attached hydrogens (tertiary/aromatic N) is 2. The second-order valence-corrected chi connectivity index (χ2v) is 3.34. The van der Waals surface area contributed by atoms with Gasteiger partial charge in [0.05, 0.1) is 11.8 Å². The lowest BCUT2D eigenvalue weighted by molar-refractivity contribution is -0.137. The predicted octanol–water partition coefficient (Wildman–Crippen LogP) is 2.56. The van der Waals surface area contributed by atoms with Crippen molar-refractivity contribution in [2.45, 2.75) is 13.1 Å². The molecule has 0 atom stereocenters. The number of fused-ring (bicyclic) bond motifs is 1. The third kappa shape index (κ3) is 1.66. The van der Waals surface area contributed by atoms with E-state index in [0.29, 0.717) is 0 Å². The molecule has 2 aromatic rings. The summed E-state index contributed by atoms with van der Waals surface area (Å²) in [5.74, 6) is -0.243. The van der Waals surface area contributed by atoms with E-state index in [0.717, 1.165) is 12.1 Å². The number of aromatic nitrogens is 2. The fourth-order valence-electron chi connectivity index (χ4n) is 1.42. The molecule has 16 heavy (non-hydrogen) atoms. The molecule has 3 nitrogen and oxygen atoms in total. The van der Waals surface area contributed by atoms with Crippen molar-refractivity contribution < 1.29 is 18.0 Å². The molecule has 84 valence electrons. The van der Waals surface area contributed by atoms with Gasteiger partial charge in [-0.1, -0.05) is 0 Å². The number of hydrogen-bond acceptors (Lipinski definition) is 2. The van der Waals surface area contributed by atoms with Gasteiger partial charge >= 0.3 is 6.18 Å². The average Bonchev–Trinajstić information content (AvgIpc) is 2.58. The molecule has 6 heteroatoms. The van der Waals surface area contributed by atoms with Crippen molar-refractivity contribution in [3.63, 3.8) is 0 Å². The molecule has 2 aromatic heterocycles. The first-order valence-electron chi connectivity index (χ1n) is 4.45. The number of ketones is 1. The molecule has 0 saturated carbocycles. The third-order valence-electron chi connectivity index (χ3n) is 2.20. The highest BCUT2D eigenvalue weighted by Crippen LogP contribution is 2.29. The molecule has 0 unspecified atom stereocenters. The zero-order valence-electron chi connectivity index (χ0n) is 8.25. The highest BCUT2D eigenvalue weighted by atomic mass is 19.4. The van der Waals surface area contributed by atoms with Crippen LogP contribution in [0.5, 0.6) is 0 Å². The average molecular weight is 228 g/mol. The van der Waals surface area contributed by atoms with Gasteiger partial charge in [-0.3, -0.25) is 9.20 Å². The van der Waals surface area contributed by atoms with Crippen LogP contribution in [0.1, 0.15) is 23.0 Å². The first kappa shape index (κ1) is 10.7. The van der Waals surface area contributed by atoms with Crippen LogP contribution in [0.25, 0.3) is 5.65 Å². The molecule has 0 N–H and O–H groups in total. The minimum absolute atomic E-state index is 0.111. The normalized spacial score (nSPS) is 12.0. The van der Waals surface area contributed by atoms with Crippen molar-refractivity contribution in [2.24, 2.45) is 0 Å². The number of Topliss-reactive ketones (excluding diaryl/α,β-unsaturated/α-hetero) is 1. The molecular weight excluding hydrogens is 221 g/mol. The molecule has 0 spiro atoms. The topological polar surface area (TPSA) is 34.4 Å². The molecule has 0 aliphatic carbocycles. The summed E-state index contributed by atoms with van der Waals surface area (Å²) in [4.78, 5) is 14.9. The predicted molar refractivity (Wildman–Crippen MR) is 50.2 cm³/mol. The summed E-state index contributed by atoms with van der Waals surface area (Å²) in [6.45, 7) is 1.33. The molecule has 0 aliphatic heterocycles. The summed E-state index contributed by atoms with van der Waals surface area (Å²) < 4.78 is 38.5. The van der Waals surface area contributed by atoms with Gasteiger partial charge in [-0.25, -0.2) is 4.98 Å². The van der Waals surface area contributed by atoms with Crippen LogP contribution in [-0.2, 0) is 6.18 Å². The van der Waals surface area contributed by atoms with Crippen molar-refractivity contribution in [3.8, 4) is 0 Å². The number of rotatable bonds is 1. The lowest BCUT2D eigenvalue weighted by Crippen LogP contribution is -2.06. The van der Waals surface area contributed by atoms with E-state index in [4.69, 9.17) is 0 Å². The van der Waals surface area contributed by atoms with Gasteiger partial charge < -0.3 is 0 Å². The largest absolute Gasteiger partial charge is 0.416 e. The van der Waals surface area contributed by atoms with E-state index in [1.165, 1.54) is 23.7 Å². The van der Waals surface area contributed by atoms with Crippen molar-refractivity contribution in [1.29, 1.82) is 0 Å². The van der Waals surface area contributed by atoms with Crippen LogP contribution in [0.4, 0.5) is 13.2 Å². The van der Waals surface area contributed by atoms with Gasteiger partial charge in [0.25, 0.3) is 0 Å². The SMILES string of the molecule is CC(=O)c1cnc2cc(C(F)(F)F)ccn12. The van der Waals surface area contributed by atoms with E-state index >= 15 is 0 Å². The maximum absolute atomic E-state index is 12.4. The highest BCUT2D eigenvalue weighted by molar-refractivity contribution is 5.93. The third-order valence-corrected chi connectivity index (χ3v) is 2.20. The number of hydrogen-bond donors (Lipinski definition) is 0. The number of alkyl halides is 3. The quantitative estimate of drug-likeness (QED) is 0.703. The second kappa shape index (κ2) is 3.33. The fraction of sp³-hybridized carbons (Fsp3) is 0.200. The molecule has 2 heterocycles. The fourth-order valence-corrected chi connectivity index (χ4v) is 1.42. The van der Waals surface area contributed by atoms with Gasteiger partial charge in [-0.15, -0.1) is 0 Å². The summed E-state index contributed by atoms with van der Waals surface area (Å²) in [5, 5.41) is 0. The first-order valence-corrected chi connectivity index (χ1v) is 4.45. The van der Waals surface area contributed by atoms with E-state index in [1.807, 2.05) is 0 Å². The zero-order chi connectivity index (χ0) is 11.9. The summed E-state index contributed by atoms with van der Waals surface area (Å²) in [5.41, 5.74) is -0.399. The lowest BCUT2D eigenvalue weighted by Gasteiger charge is -2.06. The van der Waals surface area contributed by atoms with Crippen LogP contribution in [0, 0.1) is 0 Å². The van der Waals surface area contributed by atoms with Gasteiger partial charge in [0.1, 0.15) is 11.3 Å². The minimum Gasteiger partial charge on any atom is -0.297 e. The van der Waals surface area contributed by atoms with Crippen LogP contribution >= 0.6 is 0 Å². The van der Waals surface area contributed by atoms with Crippen molar-refractivity contribution >= 4 is 11.4 Å². The molecular formula is C10H7F3N2O. The lowest BCUT2D eigenvalue weighted by atomic mass is 10.2. The molecule has 0 amide bonds. The van der Waals surface area contributed by atoms with E-state index < -0.39 is 11.7 Å². The maximum atomic E-state index is 12.4. The Bertz CT molecular complexity index is 557. The van der Waals surface area contributed by atoms with E-state index in [2.05, 4.69) is 4.98 Å². The van der Waals surface area contributed by atoms with Gasteiger partial charge in [0, 0.05) is 13.1 Å². The molecule has 2 rings (SSSR count). The van der Waals surface area contributed by atoms with Crippen LogP contribution in [-0.4, -0.2) is 15.2 Å². The molecule has 0 fully saturated rings. The minimum atomic E-state index is -4.40. The highest BCUT2D eigenvalue weighted by Gasteiger charge is 2.30. The number of carbonyl (C=O) groups is 1. The van der Waals surface area contributed by atoms with Crippen LogP contribution < -0.4 is 0 Å². The Morgan fingerprint density at radius 3 is 2.69 bits per heavy atom. The summed E-state index contributed by atoms with van der Waals surface area (Å²) in [7, 11) is 0. The smallest absolute Gasteiger partial charge is 0.297 e. The number of imidazole rings is 1. The van der Waals surface area contributed by atoms with E-state index in [-0.39, 0.29) is 17.1 Å². The van der Waals surface area contributed by atoms with Gasteiger partial charge in [0.15, 0.2) is 5.78 Å². The van der Waals surface area contributed by atoms with Crippen LogP contribution in [0.3, 0.4) is 0 Å². The Labute approximate surface area is 88.5 Å². The maximum Gasteiger partial charge on any atom is 0.416 e. The van der Waals surface area contributed by atoms with Crippen molar-refractivity contribution in [2.75, 3.05) is 0 Å². The zero-order valence-corrected chi connectivity index (χ0v) is 8.25. The summed E-state index contributed by atoms with van der Waals surface area (Å²) in [6.07, 6.45) is -1.94. The first-order chi connectivity index (χ1) is 7.39. The van der Waals surface area contributed by atoms with Gasteiger partial charge in [0.2, 0.25) is 0 Å². The Kier molecular flexibility index (Phi) is 2.22. The Balaban J connectivity index is 2.62. The number of halogens is 3. The van der Waals surface area contributed by atoms with E-state index in [9.17, 15) is 18.0 Å². The van der Waals surface area contributed by atoms with E-state index in [1.54, 1.807) is 0 Å². The summed E-state index contributed by atoms with van der Waals surface area (Å²) >= 11 is 0. The standard InChI is InChI=1S/C10H7F3N2O/c1-6(16)8-5-14-9-4-7(10(11,12)13)2-3-15(8)9/h2-5H,1H3. The molecule has 0 aromatic carbocycles. The van der Waals surface area contributed by atoms with Crippen molar-refractivity contribution in [1.82, 2.24) is 9.38 Å². The monoisotopic (exact) mass is 228 g/mol.